The zero-order valence-corrected chi connectivity index (χ0v) is 16.6. The van der Waals surface area contributed by atoms with E-state index in [0.29, 0.717) is 6.54 Å². The first-order valence-electron chi connectivity index (χ1n) is 8.61. The van der Waals surface area contributed by atoms with Crippen molar-refractivity contribution in [3.05, 3.63) is 65.2 Å². The third-order valence-electron chi connectivity index (χ3n) is 4.40. The van der Waals surface area contributed by atoms with E-state index in [1.807, 2.05) is 37.3 Å². The van der Waals surface area contributed by atoms with E-state index in [2.05, 4.69) is 35.0 Å². The van der Waals surface area contributed by atoms with Crippen LogP contribution in [-0.4, -0.2) is 24.7 Å². The lowest BCUT2D eigenvalue weighted by Crippen LogP contribution is -2.37. The number of aryl methyl sites for hydroxylation is 2. The smallest absolute Gasteiger partial charge is 0.182 e. The van der Waals surface area contributed by atoms with Crippen LogP contribution in [0.15, 0.2) is 53.5 Å². The number of benzene rings is 2. The molecule has 3 nitrogen and oxygen atoms in total. The zero-order valence-electron chi connectivity index (χ0n) is 14.9. The Balaban J connectivity index is 0.00000225. The second kappa shape index (κ2) is 8.95. The first-order valence-corrected chi connectivity index (χ1v) is 8.61. The van der Waals surface area contributed by atoms with E-state index in [1.54, 1.807) is 0 Å². The summed E-state index contributed by atoms with van der Waals surface area (Å²) in [5.41, 5.74) is 4.17. The molecule has 0 spiro atoms. The fourth-order valence-corrected chi connectivity index (χ4v) is 3.00. The standard InChI is InChI=1S/C21H24N2O.BrH/c1-16-9-11-18(12-10-16)20(24)15-23(21-8-3-4-13-22-21)19-7-5-6-17(2)14-19;/h5-7,9-12,14H,3-4,8,13,15H2,1-2H3;1H. The van der Waals surface area contributed by atoms with Crippen LogP contribution in [0.4, 0.5) is 5.69 Å². The van der Waals surface area contributed by atoms with Crippen LogP contribution in [0.1, 0.15) is 40.7 Å². The average Bonchev–Trinajstić information content (AvgIpc) is 2.61. The molecule has 1 aliphatic rings. The molecule has 0 amide bonds. The number of nitrogens with zero attached hydrogens (tertiary/aromatic N) is 2. The minimum atomic E-state index is 0. The summed E-state index contributed by atoms with van der Waals surface area (Å²) in [6, 6.07) is 16.1. The summed E-state index contributed by atoms with van der Waals surface area (Å²) in [4.78, 5) is 19.5. The molecule has 1 aliphatic heterocycles. The van der Waals surface area contributed by atoms with Crippen molar-refractivity contribution in [3.63, 3.8) is 0 Å². The van der Waals surface area contributed by atoms with Gasteiger partial charge in [0, 0.05) is 24.2 Å². The molecule has 0 aliphatic carbocycles. The molecule has 0 aromatic heterocycles. The number of hydrogen-bond acceptors (Lipinski definition) is 3. The van der Waals surface area contributed by atoms with Crippen LogP contribution in [0.5, 0.6) is 0 Å². The minimum absolute atomic E-state index is 0. The van der Waals surface area contributed by atoms with Crippen molar-refractivity contribution in [3.8, 4) is 0 Å². The Kier molecular flexibility index (Phi) is 6.94. The summed E-state index contributed by atoms with van der Waals surface area (Å²) in [6.45, 7) is 5.30. The van der Waals surface area contributed by atoms with Crippen LogP contribution in [-0.2, 0) is 0 Å². The number of hydrogen-bond donors (Lipinski definition) is 0. The molecule has 3 rings (SSSR count). The summed E-state index contributed by atoms with van der Waals surface area (Å²) >= 11 is 0. The van der Waals surface area contributed by atoms with Gasteiger partial charge in [0.2, 0.25) is 0 Å². The second-order valence-electron chi connectivity index (χ2n) is 6.47. The number of amidine groups is 1. The number of rotatable bonds is 4. The quantitative estimate of drug-likeness (QED) is 0.664. The number of Topliss-reactive ketones (excluding diaryl/α,β-unsaturated/α-hetero) is 1. The molecule has 0 N–H and O–H groups in total. The van der Waals surface area contributed by atoms with Crippen molar-refractivity contribution in [2.45, 2.75) is 33.1 Å². The van der Waals surface area contributed by atoms with Crippen molar-refractivity contribution >= 4 is 34.3 Å². The fraction of sp³-hybridized carbons (Fsp3) is 0.333. The summed E-state index contributed by atoms with van der Waals surface area (Å²) in [7, 11) is 0. The Morgan fingerprint density at radius 1 is 1.04 bits per heavy atom. The van der Waals surface area contributed by atoms with E-state index in [4.69, 9.17) is 0 Å². The van der Waals surface area contributed by atoms with Crippen molar-refractivity contribution in [2.24, 2.45) is 4.99 Å². The van der Waals surface area contributed by atoms with Crippen molar-refractivity contribution in [1.82, 2.24) is 0 Å². The fourth-order valence-electron chi connectivity index (χ4n) is 3.00. The van der Waals surface area contributed by atoms with Gasteiger partial charge in [0.15, 0.2) is 5.78 Å². The highest BCUT2D eigenvalue weighted by Gasteiger charge is 2.20. The predicted octanol–water partition coefficient (Wildman–Crippen LogP) is 5.15. The van der Waals surface area contributed by atoms with E-state index in [1.165, 1.54) is 11.1 Å². The van der Waals surface area contributed by atoms with Crippen LogP contribution in [0.2, 0.25) is 0 Å². The van der Waals surface area contributed by atoms with Crippen molar-refractivity contribution < 1.29 is 4.79 Å². The number of ketones is 1. The van der Waals surface area contributed by atoms with E-state index in [0.717, 1.165) is 42.9 Å². The number of anilines is 1. The van der Waals surface area contributed by atoms with E-state index in [9.17, 15) is 4.79 Å². The molecule has 0 fully saturated rings. The van der Waals surface area contributed by atoms with Gasteiger partial charge in [0.25, 0.3) is 0 Å². The van der Waals surface area contributed by atoms with Gasteiger partial charge in [-0.1, -0.05) is 42.0 Å². The topological polar surface area (TPSA) is 32.7 Å². The van der Waals surface area contributed by atoms with Crippen LogP contribution >= 0.6 is 17.0 Å². The van der Waals surface area contributed by atoms with Gasteiger partial charge in [-0.3, -0.25) is 9.79 Å². The van der Waals surface area contributed by atoms with Gasteiger partial charge in [-0.2, -0.15) is 0 Å². The highest BCUT2D eigenvalue weighted by molar-refractivity contribution is 8.93. The lowest BCUT2D eigenvalue weighted by atomic mass is 10.1. The Hall–Kier alpha value is -1.94. The van der Waals surface area contributed by atoms with Crippen molar-refractivity contribution in [2.75, 3.05) is 18.0 Å². The van der Waals surface area contributed by atoms with Crippen LogP contribution in [0, 0.1) is 13.8 Å². The Morgan fingerprint density at radius 2 is 1.80 bits per heavy atom. The molecule has 2 aromatic carbocycles. The Bertz CT molecular complexity index is 753. The Morgan fingerprint density at radius 3 is 2.44 bits per heavy atom. The Labute approximate surface area is 160 Å². The van der Waals surface area contributed by atoms with Crippen molar-refractivity contribution in [1.29, 1.82) is 0 Å². The lowest BCUT2D eigenvalue weighted by molar-refractivity contribution is 0.100. The summed E-state index contributed by atoms with van der Waals surface area (Å²) < 4.78 is 0. The van der Waals surface area contributed by atoms with Gasteiger partial charge in [0.05, 0.1) is 6.54 Å². The van der Waals surface area contributed by atoms with Gasteiger partial charge in [0.1, 0.15) is 5.84 Å². The maximum Gasteiger partial charge on any atom is 0.182 e. The minimum Gasteiger partial charge on any atom is -0.322 e. The van der Waals surface area contributed by atoms with Crippen LogP contribution in [0.25, 0.3) is 0 Å². The first kappa shape index (κ1) is 19.4. The molecule has 0 unspecified atom stereocenters. The number of carbonyl (C=O) groups excluding carboxylic acids is 1. The molecular weight excluding hydrogens is 376 g/mol. The van der Waals surface area contributed by atoms with Gasteiger partial charge in [-0.05, 0) is 44.4 Å². The molecule has 0 bridgehead atoms. The van der Waals surface area contributed by atoms with E-state index < -0.39 is 0 Å². The third-order valence-corrected chi connectivity index (χ3v) is 4.40. The van der Waals surface area contributed by atoms with E-state index in [-0.39, 0.29) is 22.8 Å². The molecule has 132 valence electrons. The highest BCUT2D eigenvalue weighted by Crippen LogP contribution is 2.21. The number of halogens is 1. The molecule has 0 saturated heterocycles. The van der Waals surface area contributed by atoms with Crippen LogP contribution in [0.3, 0.4) is 0 Å². The maximum absolute atomic E-state index is 12.8. The molecule has 4 heteroatoms. The summed E-state index contributed by atoms with van der Waals surface area (Å²) in [6.07, 6.45) is 3.21. The van der Waals surface area contributed by atoms with E-state index >= 15 is 0 Å². The summed E-state index contributed by atoms with van der Waals surface area (Å²) in [5.74, 6) is 1.16. The molecule has 0 radical (unpaired) electrons. The van der Waals surface area contributed by atoms with Gasteiger partial charge in [-0.15, -0.1) is 17.0 Å². The number of aliphatic imine (C=N–C) groups is 1. The molecule has 25 heavy (non-hydrogen) atoms. The molecule has 0 saturated carbocycles. The normalized spacial score (nSPS) is 13.6. The molecule has 2 aromatic rings. The predicted molar refractivity (Wildman–Crippen MR) is 111 cm³/mol. The molecule has 1 heterocycles. The van der Waals surface area contributed by atoms with Crippen LogP contribution < -0.4 is 4.90 Å². The molecular formula is C21H25BrN2O. The second-order valence-corrected chi connectivity index (χ2v) is 6.47. The SMILES string of the molecule is Br.Cc1ccc(C(=O)CN(C2=NCCCC2)c2cccc(C)c2)cc1. The highest BCUT2D eigenvalue weighted by atomic mass is 79.9. The van der Waals surface area contributed by atoms with Gasteiger partial charge >= 0.3 is 0 Å². The maximum atomic E-state index is 12.8. The monoisotopic (exact) mass is 400 g/mol. The largest absolute Gasteiger partial charge is 0.322 e. The molecule has 0 atom stereocenters. The lowest BCUT2D eigenvalue weighted by Gasteiger charge is -2.28. The number of carbonyl (C=O) groups is 1. The third kappa shape index (κ3) is 5.02. The van der Waals surface area contributed by atoms with Gasteiger partial charge < -0.3 is 4.90 Å². The zero-order chi connectivity index (χ0) is 16.9. The summed E-state index contributed by atoms with van der Waals surface area (Å²) in [5, 5.41) is 0. The average molecular weight is 401 g/mol. The first-order chi connectivity index (χ1) is 11.6. The van der Waals surface area contributed by atoms with Gasteiger partial charge in [-0.25, -0.2) is 0 Å².